The molecule has 0 aliphatic rings. The number of carbonyl (C=O) groups is 1. The highest BCUT2D eigenvalue weighted by Crippen LogP contribution is 2.34. The number of alkyl halides is 3. The number of hydrogen-bond acceptors (Lipinski definition) is 2. The van der Waals surface area contributed by atoms with E-state index in [1.54, 1.807) is 14.1 Å². The molecule has 18 heavy (non-hydrogen) atoms. The van der Waals surface area contributed by atoms with Gasteiger partial charge in [0.25, 0.3) is 5.91 Å². The van der Waals surface area contributed by atoms with Crippen LogP contribution in [0.5, 0.6) is 5.75 Å². The van der Waals surface area contributed by atoms with Crippen LogP contribution in [0.3, 0.4) is 0 Å². The van der Waals surface area contributed by atoms with Crippen LogP contribution in [-0.2, 0) is 11.0 Å². The molecule has 0 aliphatic heterocycles. The van der Waals surface area contributed by atoms with E-state index in [0.29, 0.717) is 0 Å². The van der Waals surface area contributed by atoms with Crippen molar-refractivity contribution in [1.82, 2.24) is 4.90 Å². The molecule has 0 N–H and O–H groups in total. The smallest absolute Gasteiger partial charge is 0.416 e. The van der Waals surface area contributed by atoms with E-state index in [4.69, 9.17) is 4.74 Å². The number of benzene rings is 1. The fraction of sp³-hybridized carbons (Fsp3) is 0.364. The van der Waals surface area contributed by atoms with Crippen LogP contribution in [0.4, 0.5) is 13.2 Å². The number of rotatable bonds is 3. The molecule has 0 fully saturated rings. The second-order valence-corrected chi connectivity index (χ2v) is 4.57. The molecule has 3 nitrogen and oxygen atoms in total. The Kier molecular flexibility index (Phi) is 4.61. The van der Waals surface area contributed by atoms with Gasteiger partial charge < -0.3 is 9.64 Å². The highest BCUT2D eigenvalue weighted by Gasteiger charge is 2.31. The first-order valence-corrected chi connectivity index (χ1v) is 5.71. The molecule has 0 saturated carbocycles. The van der Waals surface area contributed by atoms with E-state index in [0.717, 1.165) is 12.1 Å². The summed E-state index contributed by atoms with van der Waals surface area (Å²) >= 11 is 2.98. The summed E-state index contributed by atoms with van der Waals surface area (Å²) in [6.07, 6.45) is -4.40. The molecule has 7 heteroatoms. The van der Waals surface area contributed by atoms with Gasteiger partial charge in [-0.05, 0) is 34.1 Å². The summed E-state index contributed by atoms with van der Waals surface area (Å²) < 4.78 is 42.5. The first kappa shape index (κ1) is 14.8. The maximum atomic E-state index is 12.4. The molecule has 0 spiro atoms. The first-order chi connectivity index (χ1) is 8.21. The molecule has 0 unspecified atom stereocenters. The average Bonchev–Trinajstić information content (AvgIpc) is 2.25. The van der Waals surface area contributed by atoms with Crippen molar-refractivity contribution in [1.29, 1.82) is 0 Å². The van der Waals surface area contributed by atoms with Gasteiger partial charge in [0.05, 0.1) is 10.0 Å². The highest BCUT2D eigenvalue weighted by atomic mass is 79.9. The number of hydrogen-bond donors (Lipinski definition) is 0. The second kappa shape index (κ2) is 5.60. The van der Waals surface area contributed by atoms with Crippen LogP contribution in [-0.4, -0.2) is 31.5 Å². The lowest BCUT2D eigenvalue weighted by molar-refractivity contribution is -0.137. The summed E-state index contributed by atoms with van der Waals surface area (Å²) in [6, 6.07) is 2.99. The Labute approximate surface area is 111 Å². The Balaban J connectivity index is 2.78. The minimum Gasteiger partial charge on any atom is -0.483 e. The average molecular weight is 326 g/mol. The Morgan fingerprint density at radius 1 is 1.39 bits per heavy atom. The summed E-state index contributed by atoms with van der Waals surface area (Å²) in [4.78, 5) is 12.6. The van der Waals surface area contributed by atoms with E-state index in [1.165, 1.54) is 11.0 Å². The van der Waals surface area contributed by atoms with Crippen LogP contribution in [0.1, 0.15) is 5.56 Å². The summed E-state index contributed by atoms with van der Waals surface area (Å²) in [5, 5.41) is 0. The minimum absolute atomic E-state index is 0.156. The Hall–Kier alpha value is -1.24. The molecule has 100 valence electrons. The molecule has 1 aromatic carbocycles. The van der Waals surface area contributed by atoms with Crippen LogP contribution < -0.4 is 4.74 Å². The van der Waals surface area contributed by atoms with Crippen molar-refractivity contribution < 1.29 is 22.7 Å². The number of amides is 1. The lowest BCUT2D eigenvalue weighted by atomic mass is 10.2. The molecule has 1 rings (SSSR count). The van der Waals surface area contributed by atoms with Gasteiger partial charge in [0, 0.05) is 14.1 Å². The van der Waals surface area contributed by atoms with E-state index < -0.39 is 11.7 Å². The SMILES string of the molecule is CN(C)C(=O)COc1ccc(C(F)(F)F)cc1Br. The summed E-state index contributed by atoms with van der Waals surface area (Å²) in [6.45, 7) is -0.225. The third kappa shape index (κ3) is 3.90. The molecule has 0 radical (unpaired) electrons. The lowest BCUT2D eigenvalue weighted by Gasteiger charge is -2.13. The molecule has 0 saturated heterocycles. The minimum atomic E-state index is -4.40. The van der Waals surface area contributed by atoms with Gasteiger partial charge in [-0.1, -0.05) is 0 Å². The lowest BCUT2D eigenvalue weighted by Crippen LogP contribution is -2.27. The van der Waals surface area contributed by atoms with Crippen molar-refractivity contribution in [2.24, 2.45) is 0 Å². The van der Waals surface area contributed by atoms with Gasteiger partial charge in [0.2, 0.25) is 0 Å². The van der Waals surface area contributed by atoms with Gasteiger partial charge in [-0.15, -0.1) is 0 Å². The van der Waals surface area contributed by atoms with E-state index in [-0.39, 0.29) is 22.7 Å². The van der Waals surface area contributed by atoms with Crippen molar-refractivity contribution in [3.8, 4) is 5.75 Å². The van der Waals surface area contributed by atoms with Gasteiger partial charge in [-0.25, -0.2) is 0 Å². The van der Waals surface area contributed by atoms with Crippen LogP contribution >= 0.6 is 15.9 Å². The van der Waals surface area contributed by atoms with E-state index in [1.807, 2.05) is 0 Å². The van der Waals surface area contributed by atoms with Gasteiger partial charge in [-0.2, -0.15) is 13.2 Å². The third-order valence-electron chi connectivity index (χ3n) is 2.11. The van der Waals surface area contributed by atoms with Crippen molar-refractivity contribution >= 4 is 21.8 Å². The van der Waals surface area contributed by atoms with Gasteiger partial charge in [0.1, 0.15) is 5.75 Å². The predicted octanol–water partition coefficient (Wildman–Crippen LogP) is 2.93. The van der Waals surface area contributed by atoms with E-state index >= 15 is 0 Å². The van der Waals surface area contributed by atoms with Crippen LogP contribution in [0.2, 0.25) is 0 Å². The first-order valence-electron chi connectivity index (χ1n) is 4.91. The Morgan fingerprint density at radius 2 is 2.00 bits per heavy atom. The van der Waals surface area contributed by atoms with Gasteiger partial charge in [0.15, 0.2) is 6.61 Å². The fourth-order valence-electron chi connectivity index (χ4n) is 1.06. The third-order valence-corrected chi connectivity index (χ3v) is 2.73. The monoisotopic (exact) mass is 325 g/mol. The molecule has 0 heterocycles. The Bertz CT molecular complexity index is 446. The topological polar surface area (TPSA) is 29.5 Å². The quantitative estimate of drug-likeness (QED) is 0.855. The molecule has 1 aromatic rings. The zero-order chi connectivity index (χ0) is 13.9. The maximum Gasteiger partial charge on any atom is 0.416 e. The molecule has 0 bridgehead atoms. The number of ether oxygens (including phenoxy) is 1. The van der Waals surface area contributed by atoms with Crippen molar-refractivity contribution in [2.75, 3.05) is 20.7 Å². The standard InChI is InChI=1S/C11H11BrF3NO2/c1-16(2)10(17)6-18-9-4-3-7(5-8(9)12)11(13,14)15/h3-5H,6H2,1-2H3. The fourth-order valence-corrected chi connectivity index (χ4v) is 1.56. The van der Waals surface area contributed by atoms with E-state index in [2.05, 4.69) is 15.9 Å². The number of halogens is 4. The van der Waals surface area contributed by atoms with Crippen molar-refractivity contribution in [3.63, 3.8) is 0 Å². The molecule has 0 atom stereocenters. The van der Waals surface area contributed by atoms with Crippen LogP contribution in [0.25, 0.3) is 0 Å². The number of likely N-dealkylation sites (N-methyl/N-ethyl adjacent to an activating group) is 1. The second-order valence-electron chi connectivity index (χ2n) is 3.72. The molecule has 0 aromatic heterocycles. The molecule has 1 amide bonds. The molecular weight excluding hydrogens is 315 g/mol. The zero-order valence-corrected chi connectivity index (χ0v) is 11.3. The normalized spacial score (nSPS) is 11.2. The molecular formula is C11H11BrF3NO2. The zero-order valence-electron chi connectivity index (χ0n) is 9.71. The summed E-state index contributed by atoms with van der Waals surface area (Å²) in [5.41, 5.74) is -0.777. The summed E-state index contributed by atoms with van der Waals surface area (Å²) in [5.74, 6) is -0.0833. The highest BCUT2D eigenvalue weighted by molar-refractivity contribution is 9.10. The van der Waals surface area contributed by atoms with E-state index in [9.17, 15) is 18.0 Å². The Morgan fingerprint density at radius 3 is 2.44 bits per heavy atom. The predicted molar refractivity (Wildman–Crippen MR) is 63.3 cm³/mol. The maximum absolute atomic E-state index is 12.4. The van der Waals surface area contributed by atoms with Gasteiger partial charge in [-0.3, -0.25) is 4.79 Å². The number of nitrogens with zero attached hydrogens (tertiary/aromatic N) is 1. The number of carbonyl (C=O) groups excluding carboxylic acids is 1. The van der Waals surface area contributed by atoms with Crippen LogP contribution in [0.15, 0.2) is 22.7 Å². The largest absolute Gasteiger partial charge is 0.483 e. The summed E-state index contributed by atoms with van der Waals surface area (Å²) in [7, 11) is 3.13. The molecule has 0 aliphatic carbocycles. The van der Waals surface area contributed by atoms with Crippen molar-refractivity contribution in [2.45, 2.75) is 6.18 Å². The van der Waals surface area contributed by atoms with Crippen molar-refractivity contribution in [3.05, 3.63) is 28.2 Å². The van der Waals surface area contributed by atoms with Gasteiger partial charge >= 0.3 is 6.18 Å². The van der Waals surface area contributed by atoms with Crippen LogP contribution in [0, 0.1) is 0 Å².